The van der Waals surface area contributed by atoms with Crippen LogP contribution in [-0.2, 0) is 11.3 Å². The third-order valence-corrected chi connectivity index (χ3v) is 1.18. The van der Waals surface area contributed by atoms with Gasteiger partial charge in [-0.15, -0.1) is 11.6 Å². The number of nitrogens with zero attached hydrogens (tertiary/aromatic N) is 1. The Morgan fingerprint density at radius 2 is 2.60 bits per heavy atom. The van der Waals surface area contributed by atoms with Crippen molar-refractivity contribution in [1.29, 1.82) is 0 Å². The molecule has 1 aromatic heterocycles. The van der Waals surface area contributed by atoms with Gasteiger partial charge in [-0.3, -0.25) is 5.10 Å². The Morgan fingerprint density at radius 3 is 3.20 bits per heavy atom. The van der Waals surface area contributed by atoms with Crippen LogP contribution in [0.4, 0.5) is 0 Å². The molecule has 0 aromatic carbocycles. The van der Waals surface area contributed by atoms with Crippen molar-refractivity contribution in [3.8, 4) is 0 Å². The quantitative estimate of drug-likeness (QED) is 0.530. The summed E-state index contributed by atoms with van der Waals surface area (Å²) in [7, 11) is 0. The molecule has 0 unspecified atom stereocenters. The molecule has 0 saturated carbocycles. The molecule has 0 spiro atoms. The zero-order chi connectivity index (χ0) is 7.23. The first-order chi connectivity index (χ1) is 4.93. The lowest BCUT2D eigenvalue weighted by atomic mass is 10.5. The molecule has 1 N–H and O–H groups in total. The van der Waals surface area contributed by atoms with E-state index in [1.807, 2.05) is 6.07 Å². The van der Waals surface area contributed by atoms with E-state index >= 15 is 0 Å². The van der Waals surface area contributed by atoms with Crippen LogP contribution in [0.3, 0.4) is 0 Å². The van der Waals surface area contributed by atoms with Crippen LogP contribution in [-0.4, -0.2) is 22.7 Å². The second-order valence-electron chi connectivity index (χ2n) is 1.81. The number of aromatic amines is 1. The number of hydrogen-bond donors (Lipinski definition) is 1. The van der Waals surface area contributed by atoms with Gasteiger partial charge in [0.1, 0.15) is 0 Å². The van der Waals surface area contributed by atoms with Crippen LogP contribution in [0.15, 0.2) is 12.3 Å². The van der Waals surface area contributed by atoms with Gasteiger partial charge in [-0.25, -0.2) is 0 Å². The Labute approximate surface area is 64.3 Å². The maximum atomic E-state index is 5.39. The third kappa shape index (κ3) is 2.37. The van der Waals surface area contributed by atoms with Gasteiger partial charge in [0.05, 0.1) is 18.9 Å². The maximum absolute atomic E-state index is 5.39. The average molecular weight is 161 g/mol. The Balaban J connectivity index is 2.15. The SMILES string of the molecule is ClCCOCc1cc[nH]n1. The number of hydrogen-bond acceptors (Lipinski definition) is 2. The number of rotatable bonds is 4. The van der Waals surface area contributed by atoms with Gasteiger partial charge in [0.25, 0.3) is 0 Å². The molecule has 0 radical (unpaired) electrons. The van der Waals surface area contributed by atoms with Crippen molar-refractivity contribution >= 4 is 11.6 Å². The lowest BCUT2D eigenvalue weighted by Gasteiger charge is -1.95. The fraction of sp³-hybridized carbons (Fsp3) is 0.500. The first kappa shape index (κ1) is 7.57. The minimum Gasteiger partial charge on any atom is -0.374 e. The van der Waals surface area contributed by atoms with Crippen LogP contribution in [0.2, 0.25) is 0 Å². The summed E-state index contributed by atoms with van der Waals surface area (Å²) in [5.41, 5.74) is 0.908. The Kier molecular flexibility index (Phi) is 3.26. The highest BCUT2D eigenvalue weighted by Gasteiger charge is 1.92. The van der Waals surface area contributed by atoms with Crippen molar-refractivity contribution in [2.75, 3.05) is 12.5 Å². The summed E-state index contributed by atoms with van der Waals surface area (Å²) in [6, 6.07) is 1.87. The largest absolute Gasteiger partial charge is 0.374 e. The topological polar surface area (TPSA) is 37.9 Å². The molecule has 0 atom stereocenters. The van der Waals surface area contributed by atoms with E-state index in [2.05, 4.69) is 10.2 Å². The highest BCUT2D eigenvalue weighted by Crippen LogP contribution is 1.93. The summed E-state index contributed by atoms with van der Waals surface area (Å²) >= 11 is 5.39. The van der Waals surface area contributed by atoms with E-state index in [0.717, 1.165) is 5.69 Å². The van der Waals surface area contributed by atoms with Crippen LogP contribution in [0.5, 0.6) is 0 Å². The zero-order valence-electron chi connectivity index (χ0n) is 5.51. The van der Waals surface area contributed by atoms with E-state index in [-0.39, 0.29) is 0 Å². The van der Waals surface area contributed by atoms with Gasteiger partial charge in [-0.2, -0.15) is 5.10 Å². The summed E-state index contributed by atoms with van der Waals surface area (Å²) in [5.74, 6) is 0.532. The first-order valence-corrected chi connectivity index (χ1v) is 3.59. The van der Waals surface area contributed by atoms with E-state index in [1.165, 1.54) is 0 Å². The molecule has 1 rings (SSSR count). The molecule has 1 heterocycles. The van der Waals surface area contributed by atoms with Gasteiger partial charge < -0.3 is 4.74 Å². The number of alkyl halides is 1. The monoisotopic (exact) mass is 160 g/mol. The third-order valence-electron chi connectivity index (χ3n) is 1.03. The second-order valence-corrected chi connectivity index (χ2v) is 2.19. The maximum Gasteiger partial charge on any atom is 0.0906 e. The molecule has 56 valence electrons. The number of aromatic nitrogens is 2. The minimum absolute atomic E-state index is 0.532. The fourth-order valence-electron chi connectivity index (χ4n) is 0.603. The molecule has 0 aliphatic rings. The van der Waals surface area contributed by atoms with Crippen molar-refractivity contribution in [3.63, 3.8) is 0 Å². The zero-order valence-corrected chi connectivity index (χ0v) is 6.27. The second kappa shape index (κ2) is 4.30. The van der Waals surface area contributed by atoms with Crippen molar-refractivity contribution < 1.29 is 4.74 Å². The highest BCUT2D eigenvalue weighted by molar-refractivity contribution is 6.17. The summed E-state index contributed by atoms with van der Waals surface area (Å²) < 4.78 is 5.11. The molecule has 0 aliphatic heterocycles. The summed E-state index contributed by atoms with van der Waals surface area (Å²) in [4.78, 5) is 0. The van der Waals surface area contributed by atoms with Crippen LogP contribution in [0, 0.1) is 0 Å². The Hall–Kier alpha value is -0.540. The van der Waals surface area contributed by atoms with Gasteiger partial charge in [0.15, 0.2) is 0 Å². The number of nitrogens with one attached hydrogen (secondary N) is 1. The molecule has 0 bridgehead atoms. The van der Waals surface area contributed by atoms with Crippen LogP contribution < -0.4 is 0 Å². The van der Waals surface area contributed by atoms with E-state index in [9.17, 15) is 0 Å². The van der Waals surface area contributed by atoms with Gasteiger partial charge in [0.2, 0.25) is 0 Å². The summed E-state index contributed by atoms with van der Waals surface area (Å²) in [5, 5.41) is 6.59. The number of H-pyrrole nitrogens is 1. The van der Waals surface area contributed by atoms with Gasteiger partial charge in [-0.05, 0) is 6.07 Å². The standard InChI is InChI=1S/C6H9ClN2O/c7-2-4-10-5-6-1-3-8-9-6/h1,3H,2,4-5H2,(H,8,9). The fourth-order valence-corrected chi connectivity index (χ4v) is 0.712. The number of ether oxygens (including phenoxy) is 1. The molecular weight excluding hydrogens is 152 g/mol. The minimum atomic E-state index is 0.532. The lowest BCUT2D eigenvalue weighted by molar-refractivity contribution is 0.133. The molecule has 0 amide bonds. The van der Waals surface area contributed by atoms with Crippen molar-refractivity contribution in [1.82, 2.24) is 10.2 Å². The van der Waals surface area contributed by atoms with E-state index < -0.39 is 0 Å². The number of halogens is 1. The van der Waals surface area contributed by atoms with Crippen molar-refractivity contribution in [2.24, 2.45) is 0 Å². The average Bonchev–Trinajstić information content (AvgIpc) is 2.41. The van der Waals surface area contributed by atoms with E-state index in [0.29, 0.717) is 19.1 Å². The first-order valence-electron chi connectivity index (χ1n) is 3.06. The lowest BCUT2D eigenvalue weighted by Crippen LogP contribution is -1.96. The smallest absolute Gasteiger partial charge is 0.0906 e. The molecule has 0 fully saturated rings. The molecule has 0 saturated heterocycles. The van der Waals surface area contributed by atoms with Crippen LogP contribution >= 0.6 is 11.6 Å². The van der Waals surface area contributed by atoms with Crippen LogP contribution in [0.1, 0.15) is 5.69 Å². The highest BCUT2D eigenvalue weighted by atomic mass is 35.5. The predicted molar refractivity (Wildman–Crippen MR) is 39.0 cm³/mol. The van der Waals surface area contributed by atoms with E-state index in [1.54, 1.807) is 6.20 Å². The van der Waals surface area contributed by atoms with Gasteiger partial charge in [0, 0.05) is 12.1 Å². The normalized spacial score (nSPS) is 10.1. The Morgan fingerprint density at radius 1 is 1.70 bits per heavy atom. The summed E-state index contributed by atoms with van der Waals surface area (Å²) in [6.45, 7) is 1.12. The van der Waals surface area contributed by atoms with Gasteiger partial charge in [-0.1, -0.05) is 0 Å². The predicted octanol–water partition coefficient (Wildman–Crippen LogP) is 1.17. The van der Waals surface area contributed by atoms with Gasteiger partial charge >= 0.3 is 0 Å². The molecule has 1 aromatic rings. The molecule has 4 heteroatoms. The van der Waals surface area contributed by atoms with Crippen molar-refractivity contribution in [2.45, 2.75) is 6.61 Å². The summed E-state index contributed by atoms with van der Waals surface area (Å²) in [6.07, 6.45) is 1.76. The molecule has 0 aliphatic carbocycles. The molecular formula is C6H9ClN2O. The van der Waals surface area contributed by atoms with E-state index in [4.69, 9.17) is 16.3 Å². The van der Waals surface area contributed by atoms with Crippen LogP contribution in [0.25, 0.3) is 0 Å². The van der Waals surface area contributed by atoms with Crippen molar-refractivity contribution in [3.05, 3.63) is 18.0 Å². The molecule has 3 nitrogen and oxygen atoms in total. The molecule has 10 heavy (non-hydrogen) atoms. The Bertz CT molecular complexity index is 164.